The van der Waals surface area contributed by atoms with E-state index in [-0.39, 0.29) is 17.1 Å². The van der Waals surface area contributed by atoms with E-state index in [0.717, 1.165) is 0 Å². The fourth-order valence-corrected chi connectivity index (χ4v) is 1.83. The zero-order valence-corrected chi connectivity index (χ0v) is 11.4. The van der Waals surface area contributed by atoms with Gasteiger partial charge in [-0.1, -0.05) is 27.7 Å². The predicted octanol–water partition coefficient (Wildman–Crippen LogP) is 1.53. The van der Waals surface area contributed by atoms with Gasteiger partial charge in [0.15, 0.2) is 5.78 Å². The van der Waals surface area contributed by atoms with Crippen LogP contribution >= 0.6 is 0 Å². The van der Waals surface area contributed by atoms with Crippen LogP contribution in [0.5, 0.6) is 0 Å². The minimum Gasteiger partial charge on any atom is -0.379 e. The maximum Gasteiger partial charge on any atom is 0.231 e. The Labute approximate surface area is 103 Å². The van der Waals surface area contributed by atoms with E-state index in [1.54, 1.807) is 0 Å². The number of hydrogen-bond donors (Lipinski definition) is 1. The lowest BCUT2D eigenvalue weighted by molar-refractivity contribution is -0.160. The van der Waals surface area contributed by atoms with Crippen molar-refractivity contribution in [2.75, 3.05) is 13.2 Å². The molecule has 1 rings (SSSR count). The Hall–Kier alpha value is -0.900. The highest BCUT2D eigenvalue weighted by Gasteiger charge is 2.43. The molecule has 1 fully saturated rings. The van der Waals surface area contributed by atoms with Gasteiger partial charge < -0.3 is 10.1 Å². The summed E-state index contributed by atoms with van der Waals surface area (Å²) in [5.41, 5.74) is -0.721. The molecule has 17 heavy (non-hydrogen) atoms. The van der Waals surface area contributed by atoms with Gasteiger partial charge >= 0.3 is 0 Å². The molecule has 1 saturated heterocycles. The Morgan fingerprint density at radius 2 is 1.88 bits per heavy atom. The fraction of sp³-hybridized carbons (Fsp3) is 0.846. The monoisotopic (exact) mass is 241 g/mol. The number of nitrogens with one attached hydrogen (secondary N) is 1. The van der Waals surface area contributed by atoms with E-state index in [0.29, 0.717) is 19.6 Å². The molecule has 0 spiro atoms. The van der Waals surface area contributed by atoms with E-state index in [1.807, 2.05) is 34.6 Å². The van der Waals surface area contributed by atoms with Gasteiger partial charge in [0, 0.05) is 6.42 Å². The average Bonchev–Trinajstić information content (AvgIpc) is 2.19. The summed E-state index contributed by atoms with van der Waals surface area (Å²) in [7, 11) is 0. The van der Waals surface area contributed by atoms with Gasteiger partial charge in [-0.05, 0) is 12.3 Å². The van der Waals surface area contributed by atoms with Crippen molar-refractivity contribution in [2.24, 2.45) is 10.8 Å². The molecule has 0 saturated carbocycles. The third-order valence-corrected chi connectivity index (χ3v) is 3.20. The normalized spacial score (nSPS) is 20.3. The topological polar surface area (TPSA) is 55.4 Å². The summed E-state index contributed by atoms with van der Waals surface area (Å²) in [6, 6.07) is -0.419. The molecule has 0 aromatic heterocycles. The molecule has 1 N–H and O–H groups in total. The highest BCUT2D eigenvalue weighted by Crippen LogP contribution is 2.28. The molecular weight excluding hydrogens is 218 g/mol. The molecule has 0 aliphatic carbocycles. The summed E-state index contributed by atoms with van der Waals surface area (Å²) in [6.45, 7) is 10.5. The van der Waals surface area contributed by atoms with Gasteiger partial charge in [0.05, 0.1) is 24.7 Å². The summed E-state index contributed by atoms with van der Waals surface area (Å²) < 4.78 is 5.07. The summed E-state index contributed by atoms with van der Waals surface area (Å²) >= 11 is 0. The molecule has 1 atom stereocenters. The fourth-order valence-electron chi connectivity index (χ4n) is 1.83. The van der Waals surface area contributed by atoms with Crippen LogP contribution in [-0.4, -0.2) is 30.9 Å². The minimum absolute atomic E-state index is 0.0783. The molecular formula is C13H23NO3. The van der Waals surface area contributed by atoms with Crippen LogP contribution in [0, 0.1) is 10.8 Å². The predicted molar refractivity (Wildman–Crippen MR) is 65.6 cm³/mol. The van der Waals surface area contributed by atoms with Gasteiger partial charge in [-0.25, -0.2) is 0 Å². The number of rotatable bonds is 4. The van der Waals surface area contributed by atoms with Crippen molar-refractivity contribution in [3.05, 3.63) is 0 Å². The second-order valence-electron chi connectivity index (χ2n) is 6.15. The first kappa shape index (κ1) is 14.2. The van der Waals surface area contributed by atoms with Crippen LogP contribution in [0.2, 0.25) is 0 Å². The molecule has 1 aliphatic rings. The van der Waals surface area contributed by atoms with Gasteiger partial charge in [0.25, 0.3) is 0 Å². The summed E-state index contributed by atoms with van der Waals surface area (Å²) in [5.74, 6) is 0.000154. The van der Waals surface area contributed by atoms with Crippen LogP contribution in [0.15, 0.2) is 0 Å². The number of ether oxygens (including phenoxy) is 1. The van der Waals surface area contributed by atoms with E-state index >= 15 is 0 Å². The molecule has 0 bridgehead atoms. The molecule has 0 aromatic carbocycles. The number of amides is 1. The highest BCUT2D eigenvalue weighted by molar-refractivity contribution is 5.91. The first-order valence-electron chi connectivity index (χ1n) is 6.12. The molecule has 1 heterocycles. The Balaban J connectivity index is 2.73. The van der Waals surface area contributed by atoms with Gasteiger partial charge in [0.2, 0.25) is 5.91 Å². The SMILES string of the molecule is CCC(=O)C(NC(=O)C1(C)COC1)C(C)(C)C. The van der Waals surface area contributed by atoms with E-state index < -0.39 is 11.5 Å². The molecule has 4 heteroatoms. The Morgan fingerprint density at radius 3 is 2.18 bits per heavy atom. The lowest BCUT2D eigenvalue weighted by Gasteiger charge is -2.39. The third-order valence-electron chi connectivity index (χ3n) is 3.20. The Kier molecular flexibility index (Phi) is 3.97. The lowest BCUT2D eigenvalue weighted by atomic mass is 9.81. The van der Waals surface area contributed by atoms with E-state index in [9.17, 15) is 9.59 Å². The maximum atomic E-state index is 12.1. The average molecular weight is 241 g/mol. The molecule has 1 unspecified atom stereocenters. The van der Waals surface area contributed by atoms with Crippen LogP contribution in [0.4, 0.5) is 0 Å². The summed E-state index contributed by atoms with van der Waals surface area (Å²) in [6.07, 6.45) is 0.440. The van der Waals surface area contributed by atoms with Crippen LogP contribution in [0.25, 0.3) is 0 Å². The Bertz CT molecular complexity index is 313. The molecule has 98 valence electrons. The van der Waals surface area contributed by atoms with Gasteiger partial charge in [-0.3, -0.25) is 9.59 Å². The quantitative estimate of drug-likeness (QED) is 0.812. The number of carbonyl (C=O) groups excluding carboxylic acids is 2. The van der Waals surface area contributed by atoms with Gasteiger partial charge in [0.1, 0.15) is 0 Å². The van der Waals surface area contributed by atoms with Crippen molar-refractivity contribution in [2.45, 2.75) is 47.1 Å². The first-order chi connectivity index (χ1) is 7.70. The summed E-state index contributed by atoms with van der Waals surface area (Å²) in [4.78, 5) is 24.0. The van der Waals surface area contributed by atoms with Gasteiger partial charge in [-0.2, -0.15) is 0 Å². The second kappa shape index (κ2) is 4.77. The second-order valence-corrected chi connectivity index (χ2v) is 6.15. The zero-order chi connectivity index (χ0) is 13.3. The van der Waals surface area contributed by atoms with Crippen molar-refractivity contribution in [1.29, 1.82) is 0 Å². The van der Waals surface area contributed by atoms with Crippen LogP contribution in [-0.2, 0) is 14.3 Å². The largest absolute Gasteiger partial charge is 0.379 e. The van der Waals surface area contributed by atoms with Crippen LogP contribution in [0.1, 0.15) is 41.0 Å². The molecule has 0 radical (unpaired) electrons. The standard InChI is InChI=1S/C13H23NO3/c1-6-9(15)10(12(2,3)4)14-11(16)13(5)7-17-8-13/h10H,6-8H2,1-5H3,(H,14,16). The van der Waals surface area contributed by atoms with E-state index in [1.165, 1.54) is 0 Å². The van der Waals surface area contributed by atoms with Crippen molar-refractivity contribution >= 4 is 11.7 Å². The van der Waals surface area contributed by atoms with Crippen molar-refractivity contribution in [3.8, 4) is 0 Å². The smallest absolute Gasteiger partial charge is 0.231 e. The lowest BCUT2D eigenvalue weighted by Crippen LogP contribution is -2.58. The summed E-state index contributed by atoms with van der Waals surface area (Å²) in [5, 5.41) is 2.88. The first-order valence-corrected chi connectivity index (χ1v) is 6.12. The Morgan fingerprint density at radius 1 is 1.35 bits per heavy atom. The molecule has 0 aromatic rings. The van der Waals surface area contributed by atoms with E-state index in [2.05, 4.69) is 5.32 Å². The minimum atomic E-state index is -0.461. The van der Waals surface area contributed by atoms with Crippen LogP contribution < -0.4 is 5.32 Å². The van der Waals surface area contributed by atoms with Crippen molar-refractivity contribution in [1.82, 2.24) is 5.32 Å². The van der Waals surface area contributed by atoms with Crippen molar-refractivity contribution in [3.63, 3.8) is 0 Å². The van der Waals surface area contributed by atoms with Crippen molar-refractivity contribution < 1.29 is 14.3 Å². The molecule has 4 nitrogen and oxygen atoms in total. The number of Topliss-reactive ketones (excluding diaryl/α,β-unsaturated/α-hetero) is 1. The molecule has 1 aliphatic heterocycles. The van der Waals surface area contributed by atoms with Crippen LogP contribution in [0.3, 0.4) is 0 Å². The number of carbonyl (C=O) groups is 2. The zero-order valence-electron chi connectivity index (χ0n) is 11.4. The van der Waals surface area contributed by atoms with Gasteiger partial charge in [-0.15, -0.1) is 0 Å². The molecule has 1 amide bonds. The maximum absolute atomic E-state index is 12.1. The third kappa shape index (κ3) is 3.06. The highest BCUT2D eigenvalue weighted by atomic mass is 16.5. The van der Waals surface area contributed by atoms with E-state index in [4.69, 9.17) is 4.74 Å². The number of hydrogen-bond acceptors (Lipinski definition) is 3. The number of ketones is 1.